The molecule has 0 bridgehead atoms. The molecule has 1 aromatic heterocycles. The molecule has 0 radical (unpaired) electrons. The summed E-state index contributed by atoms with van der Waals surface area (Å²) in [4.78, 5) is 0. The number of aryl methyl sites for hydroxylation is 1. The number of methoxy groups -OCH3 is 1. The molecule has 5 nitrogen and oxygen atoms in total. The number of phenolic OH excluding ortho intramolecular Hbond substituents is 1. The van der Waals surface area contributed by atoms with Gasteiger partial charge in [-0.3, -0.25) is 0 Å². The molecule has 2 rings (SSSR count). The maximum atomic E-state index is 10.1. The Morgan fingerprint density at radius 1 is 1.53 bits per heavy atom. The zero-order chi connectivity index (χ0) is 12.6. The van der Waals surface area contributed by atoms with Crippen molar-refractivity contribution < 1.29 is 14.4 Å². The Labute approximate surface area is 103 Å². The Bertz CT molecular complexity index is 566. The van der Waals surface area contributed by atoms with Gasteiger partial charge in [0.15, 0.2) is 11.5 Å². The van der Waals surface area contributed by atoms with Crippen LogP contribution in [0, 0.1) is 6.92 Å². The standard InChI is InChI=1S/C11H11ClN2O3/c1-5-3-7(16-2)10(15)8(9(5)12)6-4-14-17-11(6)13/h3-4,15H,13H2,1-2H3. The molecule has 2 aromatic rings. The van der Waals surface area contributed by atoms with Crippen LogP contribution in [0.3, 0.4) is 0 Å². The molecule has 0 aliphatic rings. The number of hydrogen-bond acceptors (Lipinski definition) is 5. The summed E-state index contributed by atoms with van der Waals surface area (Å²) in [5, 5.41) is 14.0. The van der Waals surface area contributed by atoms with Crippen molar-refractivity contribution in [2.24, 2.45) is 0 Å². The van der Waals surface area contributed by atoms with Crippen molar-refractivity contribution in [2.45, 2.75) is 6.92 Å². The number of halogens is 1. The van der Waals surface area contributed by atoms with E-state index in [1.54, 1.807) is 13.0 Å². The molecule has 6 heteroatoms. The second-order valence-electron chi connectivity index (χ2n) is 3.54. The van der Waals surface area contributed by atoms with E-state index in [1.807, 2.05) is 0 Å². The SMILES string of the molecule is COc1cc(C)c(Cl)c(-c2cnoc2N)c1O. The summed E-state index contributed by atoms with van der Waals surface area (Å²) < 4.78 is 9.82. The molecule has 3 N–H and O–H groups in total. The van der Waals surface area contributed by atoms with E-state index in [0.29, 0.717) is 21.9 Å². The van der Waals surface area contributed by atoms with Gasteiger partial charge >= 0.3 is 0 Å². The van der Waals surface area contributed by atoms with Crippen molar-refractivity contribution in [2.75, 3.05) is 12.8 Å². The third kappa shape index (κ3) is 1.78. The first kappa shape index (κ1) is 11.6. The summed E-state index contributed by atoms with van der Waals surface area (Å²) in [5.74, 6) is 0.329. The number of phenols is 1. The lowest BCUT2D eigenvalue weighted by Crippen LogP contribution is -1.92. The smallest absolute Gasteiger partial charge is 0.230 e. The number of hydrogen-bond donors (Lipinski definition) is 2. The van der Waals surface area contributed by atoms with E-state index >= 15 is 0 Å². The molecule has 90 valence electrons. The van der Waals surface area contributed by atoms with Gasteiger partial charge in [0.1, 0.15) is 0 Å². The van der Waals surface area contributed by atoms with Crippen LogP contribution >= 0.6 is 11.6 Å². The number of nitrogens with zero attached hydrogens (tertiary/aromatic N) is 1. The van der Waals surface area contributed by atoms with E-state index in [1.165, 1.54) is 13.3 Å². The molecule has 0 atom stereocenters. The van der Waals surface area contributed by atoms with Crippen molar-refractivity contribution in [3.8, 4) is 22.6 Å². The second kappa shape index (κ2) is 4.18. The molecule has 0 saturated heterocycles. The fourth-order valence-electron chi connectivity index (χ4n) is 1.59. The fourth-order valence-corrected chi connectivity index (χ4v) is 1.84. The Kier molecular flexibility index (Phi) is 2.85. The Balaban J connectivity index is 2.76. The molecule has 0 fully saturated rings. The van der Waals surface area contributed by atoms with Crippen LogP contribution in [0.15, 0.2) is 16.8 Å². The maximum absolute atomic E-state index is 10.1. The van der Waals surface area contributed by atoms with E-state index in [0.717, 1.165) is 5.56 Å². The van der Waals surface area contributed by atoms with Crippen molar-refractivity contribution in [1.29, 1.82) is 0 Å². The van der Waals surface area contributed by atoms with Gasteiger partial charge < -0.3 is 20.1 Å². The van der Waals surface area contributed by atoms with E-state index in [4.69, 9.17) is 26.6 Å². The van der Waals surface area contributed by atoms with Gasteiger partial charge in [0.2, 0.25) is 5.88 Å². The first-order valence-electron chi connectivity index (χ1n) is 4.82. The topological polar surface area (TPSA) is 81.5 Å². The second-order valence-corrected chi connectivity index (χ2v) is 3.92. The van der Waals surface area contributed by atoms with Crippen LogP contribution in [-0.4, -0.2) is 17.4 Å². The minimum Gasteiger partial charge on any atom is -0.504 e. The Morgan fingerprint density at radius 3 is 2.76 bits per heavy atom. The van der Waals surface area contributed by atoms with Crippen LogP contribution in [-0.2, 0) is 0 Å². The summed E-state index contributed by atoms with van der Waals surface area (Å²) in [6.45, 7) is 1.80. The average Bonchev–Trinajstić information content (AvgIpc) is 2.71. The molecule has 0 saturated carbocycles. The van der Waals surface area contributed by atoms with Gasteiger partial charge in [0.25, 0.3) is 0 Å². The molecular weight excluding hydrogens is 244 g/mol. The molecule has 0 amide bonds. The van der Waals surface area contributed by atoms with E-state index in [2.05, 4.69) is 5.16 Å². The predicted molar refractivity (Wildman–Crippen MR) is 64.3 cm³/mol. The molecular formula is C11H11ClN2O3. The highest BCUT2D eigenvalue weighted by Gasteiger charge is 2.20. The third-order valence-electron chi connectivity index (χ3n) is 2.47. The van der Waals surface area contributed by atoms with Crippen molar-refractivity contribution in [3.05, 3.63) is 22.8 Å². The minimum atomic E-state index is -0.0852. The summed E-state index contributed by atoms with van der Waals surface area (Å²) in [6, 6.07) is 1.64. The lowest BCUT2D eigenvalue weighted by Gasteiger charge is -2.12. The van der Waals surface area contributed by atoms with Gasteiger partial charge in [0.05, 0.1) is 29.5 Å². The summed E-state index contributed by atoms with van der Waals surface area (Å²) in [7, 11) is 1.46. The number of nitrogen functional groups attached to an aromatic ring is 1. The van der Waals surface area contributed by atoms with Crippen LogP contribution in [0.5, 0.6) is 11.5 Å². The normalized spacial score (nSPS) is 10.5. The van der Waals surface area contributed by atoms with E-state index < -0.39 is 0 Å². The number of aromatic hydroxyl groups is 1. The lowest BCUT2D eigenvalue weighted by atomic mass is 10.0. The highest BCUT2D eigenvalue weighted by Crippen LogP contribution is 2.45. The van der Waals surface area contributed by atoms with Gasteiger partial charge in [-0.1, -0.05) is 16.8 Å². The Morgan fingerprint density at radius 2 is 2.24 bits per heavy atom. The van der Waals surface area contributed by atoms with Gasteiger partial charge in [-0.25, -0.2) is 0 Å². The number of benzene rings is 1. The average molecular weight is 255 g/mol. The molecule has 0 aliphatic carbocycles. The third-order valence-corrected chi connectivity index (χ3v) is 2.96. The van der Waals surface area contributed by atoms with E-state index in [-0.39, 0.29) is 11.6 Å². The molecule has 1 aromatic carbocycles. The number of nitrogens with two attached hydrogens (primary N) is 1. The van der Waals surface area contributed by atoms with Gasteiger partial charge in [0, 0.05) is 0 Å². The van der Waals surface area contributed by atoms with Crippen molar-refractivity contribution in [1.82, 2.24) is 5.16 Å². The van der Waals surface area contributed by atoms with Crippen LogP contribution in [0.1, 0.15) is 5.56 Å². The number of rotatable bonds is 2. The van der Waals surface area contributed by atoms with Gasteiger partial charge in [-0.05, 0) is 18.6 Å². The minimum absolute atomic E-state index is 0.0852. The van der Waals surface area contributed by atoms with Crippen molar-refractivity contribution >= 4 is 17.5 Å². The van der Waals surface area contributed by atoms with Crippen LogP contribution in [0.2, 0.25) is 5.02 Å². The zero-order valence-corrected chi connectivity index (χ0v) is 10.1. The predicted octanol–water partition coefficient (Wildman–Crippen LogP) is 2.60. The summed E-state index contributed by atoms with van der Waals surface area (Å²) in [5.41, 5.74) is 7.18. The van der Waals surface area contributed by atoms with Crippen LogP contribution in [0.4, 0.5) is 5.88 Å². The van der Waals surface area contributed by atoms with Crippen molar-refractivity contribution in [3.63, 3.8) is 0 Å². The van der Waals surface area contributed by atoms with Crippen LogP contribution in [0.25, 0.3) is 11.1 Å². The first-order chi connectivity index (χ1) is 8.06. The molecule has 1 heterocycles. The van der Waals surface area contributed by atoms with Gasteiger partial charge in [-0.15, -0.1) is 0 Å². The monoisotopic (exact) mass is 254 g/mol. The maximum Gasteiger partial charge on any atom is 0.230 e. The molecule has 0 aliphatic heterocycles. The molecule has 17 heavy (non-hydrogen) atoms. The number of ether oxygens (including phenoxy) is 1. The van der Waals surface area contributed by atoms with E-state index in [9.17, 15) is 5.11 Å². The zero-order valence-electron chi connectivity index (χ0n) is 9.32. The van der Waals surface area contributed by atoms with Crippen LogP contribution < -0.4 is 10.5 Å². The fraction of sp³-hybridized carbons (Fsp3) is 0.182. The largest absolute Gasteiger partial charge is 0.504 e. The highest BCUT2D eigenvalue weighted by molar-refractivity contribution is 6.34. The quantitative estimate of drug-likeness (QED) is 0.861. The highest BCUT2D eigenvalue weighted by atomic mass is 35.5. The summed E-state index contributed by atoms with van der Waals surface area (Å²) >= 11 is 6.15. The molecule has 0 spiro atoms. The number of aromatic nitrogens is 1. The first-order valence-corrected chi connectivity index (χ1v) is 5.20. The lowest BCUT2D eigenvalue weighted by molar-refractivity contribution is 0.374. The Hall–Kier alpha value is -1.88. The summed E-state index contributed by atoms with van der Waals surface area (Å²) in [6.07, 6.45) is 1.40. The molecule has 0 unspecified atom stereocenters. The number of anilines is 1. The van der Waals surface area contributed by atoms with Gasteiger partial charge in [-0.2, -0.15) is 0 Å².